The van der Waals surface area contributed by atoms with Crippen LogP contribution < -0.4 is 4.90 Å². The maximum Gasteiger partial charge on any atom is 0.314 e. The van der Waals surface area contributed by atoms with Crippen LogP contribution in [-0.2, 0) is 20.8 Å². The lowest BCUT2D eigenvalue weighted by molar-refractivity contribution is -0.161. The summed E-state index contributed by atoms with van der Waals surface area (Å²) in [5.41, 5.74) is 0.501. The van der Waals surface area contributed by atoms with E-state index in [0.717, 1.165) is 11.3 Å². The smallest absolute Gasteiger partial charge is 0.314 e. The van der Waals surface area contributed by atoms with E-state index in [0.29, 0.717) is 45.2 Å². The minimum atomic E-state index is -0.551. The number of carbonyl (C=O) groups excluding carboxylic acids is 1. The molecule has 0 radical (unpaired) electrons. The zero-order chi connectivity index (χ0) is 17.4. The number of anilines is 1. The van der Waals surface area contributed by atoms with E-state index >= 15 is 0 Å². The van der Waals surface area contributed by atoms with Gasteiger partial charge < -0.3 is 18.8 Å². The van der Waals surface area contributed by atoms with Gasteiger partial charge in [-0.15, -0.1) is 0 Å². The van der Waals surface area contributed by atoms with Crippen LogP contribution in [0.25, 0.3) is 0 Å². The monoisotopic (exact) mass is 347 g/mol. The largest absolute Gasteiger partial charge is 0.469 e. The number of ether oxygens (including phenoxy) is 2. The minimum absolute atomic E-state index is 0.0733. The zero-order valence-corrected chi connectivity index (χ0v) is 14.3. The van der Waals surface area contributed by atoms with Crippen LogP contribution in [-0.4, -0.2) is 59.6 Å². The average molecular weight is 347 g/mol. The quantitative estimate of drug-likeness (QED) is 0.744. The van der Waals surface area contributed by atoms with Gasteiger partial charge in [0.15, 0.2) is 0 Å². The van der Waals surface area contributed by atoms with Gasteiger partial charge in [-0.3, -0.25) is 4.79 Å². The maximum atomic E-state index is 12.5. The Bertz CT molecular complexity index is 772. The van der Waals surface area contributed by atoms with Crippen molar-refractivity contribution < 1.29 is 18.7 Å². The van der Waals surface area contributed by atoms with Gasteiger partial charge in [0.2, 0.25) is 5.95 Å². The summed E-state index contributed by atoms with van der Waals surface area (Å²) in [6.07, 6.45) is 2.31. The molecule has 2 aliphatic rings. The third kappa shape index (κ3) is 2.58. The highest BCUT2D eigenvalue weighted by Crippen LogP contribution is 2.44. The molecule has 9 nitrogen and oxygen atoms in total. The Balaban J connectivity index is 1.60. The first-order valence-electron chi connectivity index (χ1n) is 8.34. The van der Waals surface area contributed by atoms with Crippen molar-refractivity contribution in [2.75, 3.05) is 38.3 Å². The Hall–Kier alpha value is -2.42. The Morgan fingerprint density at radius 1 is 1.52 bits per heavy atom. The van der Waals surface area contributed by atoms with Crippen LogP contribution in [0.15, 0.2) is 16.7 Å². The molecule has 2 fully saturated rings. The first-order chi connectivity index (χ1) is 12.1. The van der Waals surface area contributed by atoms with Gasteiger partial charge in [-0.2, -0.15) is 0 Å². The molecule has 9 heteroatoms. The average Bonchev–Trinajstić information content (AvgIpc) is 3.33. The molecule has 0 aliphatic carbocycles. The maximum absolute atomic E-state index is 12.5. The fraction of sp³-hybridized carbons (Fsp3) is 0.625. The fourth-order valence-electron chi connectivity index (χ4n) is 3.87. The molecule has 0 bridgehead atoms. The highest BCUT2D eigenvalue weighted by atomic mass is 16.5. The summed E-state index contributed by atoms with van der Waals surface area (Å²) in [7, 11) is 1.44. The third-order valence-electron chi connectivity index (χ3n) is 5.36. The number of fused-ring (bicyclic) bond motifs is 1. The predicted molar refractivity (Wildman–Crippen MR) is 86.0 cm³/mol. The van der Waals surface area contributed by atoms with Gasteiger partial charge >= 0.3 is 5.97 Å². The molecule has 4 heterocycles. The van der Waals surface area contributed by atoms with Crippen molar-refractivity contribution in [1.82, 2.24) is 20.2 Å². The number of aryl methyl sites for hydroxylation is 1. The van der Waals surface area contributed by atoms with Crippen LogP contribution in [0.1, 0.15) is 17.7 Å². The third-order valence-corrected chi connectivity index (χ3v) is 5.36. The topological polar surface area (TPSA) is 95.5 Å². The first kappa shape index (κ1) is 16.1. The molecule has 0 unspecified atom stereocenters. The molecular weight excluding hydrogens is 326 g/mol. The van der Waals surface area contributed by atoms with E-state index in [9.17, 15) is 4.79 Å². The second-order valence-corrected chi connectivity index (χ2v) is 6.71. The molecular formula is C16H21N5O4. The van der Waals surface area contributed by atoms with Crippen molar-refractivity contribution >= 4 is 11.9 Å². The highest BCUT2D eigenvalue weighted by Gasteiger charge is 2.55. The summed E-state index contributed by atoms with van der Waals surface area (Å²) >= 11 is 0. The number of hydrogen-bond donors (Lipinski definition) is 0. The van der Waals surface area contributed by atoms with Crippen LogP contribution in [0.5, 0.6) is 0 Å². The molecule has 25 heavy (non-hydrogen) atoms. The Morgan fingerprint density at radius 2 is 2.40 bits per heavy atom. The number of rotatable bonds is 4. The number of hydrogen-bond acceptors (Lipinski definition) is 8. The van der Waals surface area contributed by atoms with Crippen LogP contribution in [0.4, 0.5) is 5.95 Å². The molecule has 0 spiro atoms. The van der Waals surface area contributed by atoms with E-state index in [1.54, 1.807) is 10.9 Å². The van der Waals surface area contributed by atoms with Crippen molar-refractivity contribution in [3.8, 4) is 0 Å². The number of esters is 1. The summed E-state index contributed by atoms with van der Waals surface area (Å²) in [5.74, 6) is 1.35. The Labute approximate surface area is 144 Å². The molecule has 0 amide bonds. The molecule has 134 valence electrons. The number of carbonyl (C=O) groups is 1. The van der Waals surface area contributed by atoms with Gasteiger partial charge in [0.25, 0.3) is 0 Å². The summed E-state index contributed by atoms with van der Waals surface area (Å²) in [5, 5.41) is 12.1. The molecule has 0 N–H and O–H groups in total. The van der Waals surface area contributed by atoms with Crippen molar-refractivity contribution in [2.24, 2.45) is 11.3 Å². The Morgan fingerprint density at radius 3 is 3.16 bits per heavy atom. The van der Waals surface area contributed by atoms with E-state index in [4.69, 9.17) is 13.9 Å². The lowest BCUT2D eigenvalue weighted by Gasteiger charge is -2.35. The second kappa shape index (κ2) is 6.14. The molecule has 0 saturated carbocycles. The summed E-state index contributed by atoms with van der Waals surface area (Å²) < 4.78 is 17.9. The highest BCUT2D eigenvalue weighted by molar-refractivity contribution is 5.79. The lowest BCUT2D eigenvalue weighted by atomic mass is 9.74. The normalized spacial score (nSPS) is 25.8. The van der Waals surface area contributed by atoms with Gasteiger partial charge in [0, 0.05) is 25.6 Å². The molecule has 2 saturated heterocycles. The Kier molecular flexibility index (Phi) is 3.95. The van der Waals surface area contributed by atoms with Crippen LogP contribution in [0, 0.1) is 18.3 Å². The minimum Gasteiger partial charge on any atom is -0.469 e. The van der Waals surface area contributed by atoms with E-state index in [2.05, 4.69) is 20.4 Å². The number of nitrogens with zero attached hydrogens (tertiary/aromatic N) is 5. The van der Waals surface area contributed by atoms with Gasteiger partial charge in [0.1, 0.15) is 12.3 Å². The van der Waals surface area contributed by atoms with Gasteiger partial charge in [-0.05, 0) is 35.4 Å². The van der Waals surface area contributed by atoms with Gasteiger partial charge in [-0.1, -0.05) is 5.10 Å². The van der Waals surface area contributed by atoms with Gasteiger partial charge in [0.05, 0.1) is 25.4 Å². The van der Waals surface area contributed by atoms with E-state index in [1.165, 1.54) is 7.11 Å². The summed E-state index contributed by atoms with van der Waals surface area (Å²) in [4.78, 5) is 14.5. The second-order valence-electron chi connectivity index (χ2n) is 6.71. The van der Waals surface area contributed by atoms with Gasteiger partial charge in [-0.25, -0.2) is 4.68 Å². The van der Waals surface area contributed by atoms with Crippen molar-refractivity contribution in [3.05, 3.63) is 23.7 Å². The number of methoxy groups -OCH3 is 1. The first-order valence-corrected chi connectivity index (χ1v) is 8.34. The SMILES string of the molecule is COC(=O)[C@@]12CCOC[C@@H]1CN(c1nnnn1Cc1occc1C)C2. The van der Waals surface area contributed by atoms with Crippen molar-refractivity contribution in [2.45, 2.75) is 19.9 Å². The number of furan rings is 1. The standard InChI is InChI=1S/C16H21N5O4/c1-11-3-5-25-13(11)8-21-15(17-18-19-21)20-7-12-9-24-6-4-16(12,10-20)14(22)23-2/h3,5,12H,4,6-10H2,1-2H3/t12-,16+/m0/s1. The molecule has 2 aromatic heterocycles. The molecule has 0 aromatic carbocycles. The fourth-order valence-corrected chi connectivity index (χ4v) is 3.87. The molecule has 2 aliphatic heterocycles. The number of tetrazole rings is 1. The van der Waals surface area contributed by atoms with Crippen LogP contribution in [0.2, 0.25) is 0 Å². The summed E-state index contributed by atoms with van der Waals surface area (Å²) in [6, 6.07) is 1.91. The predicted octanol–water partition coefficient (Wildman–Crippen LogP) is 0.639. The van der Waals surface area contributed by atoms with Crippen molar-refractivity contribution in [3.63, 3.8) is 0 Å². The summed E-state index contributed by atoms with van der Waals surface area (Å²) in [6.45, 7) is 4.74. The van der Waals surface area contributed by atoms with E-state index in [1.807, 2.05) is 13.0 Å². The molecule has 2 aromatic rings. The molecule has 4 rings (SSSR count). The van der Waals surface area contributed by atoms with Crippen LogP contribution in [0.3, 0.4) is 0 Å². The van der Waals surface area contributed by atoms with Crippen LogP contribution >= 0.6 is 0 Å². The lowest BCUT2D eigenvalue weighted by Crippen LogP contribution is -2.45. The van der Waals surface area contributed by atoms with Crippen molar-refractivity contribution in [1.29, 1.82) is 0 Å². The zero-order valence-electron chi connectivity index (χ0n) is 14.3. The molecule has 2 atom stereocenters. The van der Waals surface area contributed by atoms with E-state index < -0.39 is 5.41 Å². The number of aromatic nitrogens is 4. The van der Waals surface area contributed by atoms with E-state index in [-0.39, 0.29) is 11.9 Å².